The van der Waals surface area contributed by atoms with Crippen molar-refractivity contribution in [2.75, 3.05) is 21.9 Å². The molecule has 144 valence electrons. The number of aromatic nitrogens is 4. The Balaban J connectivity index is 1.38. The minimum atomic E-state index is -3.22. The third-order valence-corrected chi connectivity index (χ3v) is 6.18. The summed E-state index contributed by atoms with van der Waals surface area (Å²) in [5.41, 5.74) is 1.98. The number of rotatable bonds is 5. The van der Waals surface area contributed by atoms with Gasteiger partial charge in [-0.1, -0.05) is 30.3 Å². The number of carbonyl (C=O) groups is 1. The second kappa shape index (κ2) is 7.39. The van der Waals surface area contributed by atoms with E-state index in [4.69, 9.17) is 0 Å². The van der Waals surface area contributed by atoms with Crippen molar-refractivity contribution in [3.8, 4) is 11.4 Å². The van der Waals surface area contributed by atoms with Crippen LogP contribution in [0.25, 0.3) is 11.4 Å². The number of tetrazole rings is 1. The van der Waals surface area contributed by atoms with Crippen LogP contribution in [0.15, 0.2) is 54.6 Å². The van der Waals surface area contributed by atoms with Gasteiger partial charge in [0.15, 0.2) is 0 Å². The van der Waals surface area contributed by atoms with Gasteiger partial charge in [-0.3, -0.25) is 9.10 Å². The van der Waals surface area contributed by atoms with Crippen LogP contribution in [-0.4, -0.2) is 46.8 Å². The largest absolute Gasteiger partial charge is 0.324 e. The van der Waals surface area contributed by atoms with E-state index in [1.807, 2.05) is 30.3 Å². The highest BCUT2D eigenvalue weighted by atomic mass is 32.2. The number of anilines is 2. The van der Waals surface area contributed by atoms with Gasteiger partial charge in [0.05, 0.1) is 11.4 Å². The van der Waals surface area contributed by atoms with Gasteiger partial charge in [-0.25, -0.2) is 8.42 Å². The van der Waals surface area contributed by atoms with Gasteiger partial charge in [0.1, 0.15) is 6.54 Å². The van der Waals surface area contributed by atoms with E-state index >= 15 is 0 Å². The lowest BCUT2D eigenvalue weighted by atomic mass is 10.2. The molecule has 2 heterocycles. The molecule has 1 N–H and O–H groups in total. The van der Waals surface area contributed by atoms with Crippen LogP contribution in [0.2, 0.25) is 0 Å². The molecule has 9 nitrogen and oxygen atoms in total. The second-order valence-corrected chi connectivity index (χ2v) is 8.36. The van der Waals surface area contributed by atoms with Gasteiger partial charge in [-0.15, -0.1) is 10.2 Å². The van der Waals surface area contributed by atoms with Crippen molar-refractivity contribution in [2.45, 2.75) is 13.0 Å². The van der Waals surface area contributed by atoms with Crippen molar-refractivity contribution in [2.24, 2.45) is 0 Å². The average Bonchev–Trinajstić information content (AvgIpc) is 3.29. The van der Waals surface area contributed by atoms with Gasteiger partial charge in [0.25, 0.3) is 0 Å². The molecule has 1 aliphatic rings. The first-order valence-electron chi connectivity index (χ1n) is 8.75. The van der Waals surface area contributed by atoms with Gasteiger partial charge < -0.3 is 5.32 Å². The summed E-state index contributed by atoms with van der Waals surface area (Å²) >= 11 is 0. The quantitative estimate of drug-likeness (QED) is 0.698. The maximum atomic E-state index is 12.2. The summed E-state index contributed by atoms with van der Waals surface area (Å²) in [7, 11) is -3.22. The van der Waals surface area contributed by atoms with E-state index in [0.29, 0.717) is 30.2 Å². The van der Waals surface area contributed by atoms with Crippen LogP contribution >= 0.6 is 0 Å². The summed E-state index contributed by atoms with van der Waals surface area (Å²) in [5.74, 6) is 0.310. The SMILES string of the molecule is O=C(Cn1nnc(-c2ccccc2)n1)Nc1ccc(N2CCCS2(=O)=O)cc1. The molecule has 1 amide bonds. The summed E-state index contributed by atoms with van der Waals surface area (Å²) < 4.78 is 25.3. The van der Waals surface area contributed by atoms with Crippen LogP contribution in [0.4, 0.5) is 11.4 Å². The first kappa shape index (κ1) is 18.1. The van der Waals surface area contributed by atoms with Crippen molar-refractivity contribution >= 4 is 27.3 Å². The lowest BCUT2D eigenvalue weighted by Gasteiger charge is -2.17. The van der Waals surface area contributed by atoms with Crippen molar-refractivity contribution in [3.05, 3.63) is 54.6 Å². The molecule has 3 aromatic rings. The molecule has 0 bridgehead atoms. The number of carbonyl (C=O) groups excluding carboxylic acids is 1. The van der Waals surface area contributed by atoms with E-state index in [1.54, 1.807) is 24.3 Å². The zero-order valence-corrected chi connectivity index (χ0v) is 15.7. The lowest BCUT2D eigenvalue weighted by molar-refractivity contribution is -0.117. The molecule has 0 atom stereocenters. The molecule has 28 heavy (non-hydrogen) atoms. The maximum absolute atomic E-state index is 12.2. The Kier molecular flexibility index (Phi) is 4.78. The predicted molar refractivity (Wildman–Crippen MR) is 104 cm³/mol. The maximum Gasteiger partial charge on any atom is 0.248 e. The molecule has 0 spiro atoms. The summed E-state index contributed by atoms with van der Waals surface area (Å²) in [4.78, 5) is 13.5. The minimum Gasteiger partial charge on any atom is -0.324 e. The number of hydrogen-bond donors (Lipinski definition) is 1. The van der Waals surface area contributed by atoms with E-state index in [2.05, 4.69) is 20.7 Å². The minimum absolute atomic E-state index is 0.0813. The molecular formula is C18H18N6O3S. The molecule has 0 aliphatic carbocycles. The van der Waals surface area contributed by atoms with E-state index < -0.39 is 10.0 Å². The number of benzene rings is 2. The molecule has 1 saturated heterocycles. The van der Waals surface area contributed by atoms with Crippen LogP contribution in [0.1, 0.15) is 6.42 Å². The van der Waals surface area contributed by atoms with Crippen LogP contribution in [0, 0.1) is 0 Å². The zero-order chi connectivity index (χ0) is 19.6. The van der Waals surface area contributed by atoms with Crippen LogP contribution in [0.3, 0.4) is 0 Å². The topological polar surface area (TPSA) is 110 Å². The van der Waals surface area contributed by atoms with Crippen LogP contribution in [-0.2, 0) is 21.4 Å². The molecule has 1 fully saturated rings. The van der Waals surface area contributed by atoms with Gasteiger partial charge in [-0.2, -0.15) is 4.80 Å². The third-order valence-electron chi connectivity index (χ3n) is 4.31. The fourth-order valence-corrected chi connectivity index (χ4v) is 4.55. The third kappa shape index (κ3) is 3.86. The number of nitrogens with one attached hydrogen (secondary N) is 1. The van der Waals surface area contributed by atoms with E-state index in [1.165, 1.54) is 9.10 Å². The molecular weight excluding hydrogens is 380 g/mol. The molecule has 1 aliphatic heterocycles. The van der Waals surface area contributed by atoms with Crippen molar-refractivity contribution in [1.82, 2.24) is 20.2 Å². The molecule has 0 radical (unpaired) electrons. The number of amides is 1. The highest BCUT2D eigenvalue weighted by Gasteiger charge is 2.28. The Hall–Kier alpha value is -3.27. The predicted octanol–water partition coefficient (Wildman–Crippen LogP) is 1.52. The highest BCUT2D eigenvalue weighted by Crippen LogP contribution is 2.25. The van der Waals surface area contributed by atoms with Crippen molar-refractivity contribution in [3.63, 3.8) is 0 Å². The van der Waals surface area contributed by atoms with E-state index in [9.17, 15) is 13.2 Å². The summed E-state index contributed by atoms with van der Waals surface area (Å²) in [5, 5.41) is 14.8. The fraction of sp³-hybridized carbons (Fsp3) is 0.222. The monoisotopic (exact) mass is 398 g/mol. The second-order valence-electron chi connectivity index (χ2n) is 6.35. The smallest absolute Gasteiger partial charge is 0.248 e. The van der Waals surface area contributed by atoms with Gasteiger partial charge >= 0.3 is 0 Å². The van der Waals surface area contributed by atoms with E-state index in [0.717, 1.165) is 5.56 Å². The molecule has 1 aromatic heterocycles. The number of sulfonamides is 1. The molecule has 0 unspecified atom stereocenters. The standard InChI is InChI=1S/C18H18N6O3S/c25-17(13-24-21-18(20-22-24)14-5-2-1-3-6-14)19-15-7-9-16(10-8-15)23-11-4-12-28(23,26)27/h1-3,5-10H,4,11-13H2,(H,19,25). The summed E-state index contributed by atoms with van der Waals surface area (Å²) in [6, 6.07) is 16.1. The number of hydrogen-bond acceptors (Lipinski definition) is 6. The lowest BCUT2D eigenvalue weighted by Crippen LogP contribution is -2.25. The van der Waals surface area contributed by atoms with Crippen molar-refractivity contribution in [1.29, 1.82) is 0 Å². The first-order valence-corrected chi connectivity index (χ1v) is 10.4. The Morgan fingerprint density at radius 2 is 1.82 bits per heavy atom. The Bertz CT molecular complexity index is 1080. The highest BCUT2D eigenvalue weighted by molar-refractivity contribution is 7.93. The number of nitrogens with zero attached hydrogens (tertiary/aromatic N) is 5. The Labute approximate surface area is 162 Å². The van der Waals surface area contributed by atoms with Gasteiger partial charge in [0.2, 0.25) is 21.8 Å². The normalized spacial score (nSPS) is 15.5. The molecule has 10 heteroatoms. The summed E-state index contributed by atoms with van der Waals surface area (Å²) in [6.45, 7) is 0.401. The Morgan fingerprint density at radius 1 is 1.07 bits per heavy atom. The zero-order valence-electron chi connectivity index (χ0n) is 14.9. The molecule has 4 rings (SSSR count). The fourth-order valence-electron chi connectivity index (χ4n) is 2.98. The molecule has 0 saturated carbocycles. The molecule has 2 aromatic carbocycles. The van der Waals surface area contributed by atoms with Crippen LogP contribution in [0.5, 0.6) is 0 Å². The van der Waals surface area contributed by atoms with Crippen molar-refractivity contribution < 1.29 is 13.2 Å². The van der Waals surface area contributed by atoms with Gasteiger partial charge in [-0.05, 0) is 35.9 Å². The van der Waals surface area contributed by atoms with Gasteiger partial charge in [0, 0.05) is 17.8 Å². The van der Waals surface area contributed by atoms with Crippen LogP contribution < -0.4 is 9.62 Å². The van der Waals surface area contributed by atoms with E-state index in [-0.39, 0.29) is 18.2 Å². The average molecular weight is 398 g/mol. The first-order chi connectivity index (χ1) is 13.5. The summed E-state index contributed by atoms with van der Waals surface area (Å²) in [6.07, 6.45) is 0.622. The Morgan fingerprint density at radius 3 is 2.50 bits per heavy atom.